The third-order valence-electron chi connectivity index (χ3n) is 3.30. The fraction of sp³-hybridized carbons (Fsp3) is 0.600. The molecule has 0 spiro atoms. The van der Waals surface area contributed by atoms with Crippen LogP contribution in [0.5, 0.6) is 0 Å². The summed E-state index contributed by atoms with van der Waals surface area (Å²) < 4.78 is 1.89. The topological polar surface area (TPSA) is 106 Å². The molecule has 1 aromatic heterocycles. The minimum Gasteiger partial charge on any atom is -0.480 e. The molecular weight excluding hydrogens is 240 g/mol. The van der Waals surface area contributed by atoms with Gasteiger partial charge in [0.1, 0.15) is 5.54 Å². The molecule has 0 radical (unpaired) electrons. The van der Waals surface area contributed by atoms with Crippen LogP contribution in [0.3, 0.4) is 0 Å². The van der Waals surface area contributed by atoms with Gasteiger partial charge >= 0.3 is 11.7 Å². The molecule has 1 aliphatic rings. The summed E-state index contributed by atoms with van der Waals surface area (Å²) in [4.78, 5) is 34.4. The Bertz CT molecular complexity index is 611. The van der Waals surface area contributed by atoms with Crippen LogP contribution in [0.15, 0.2) is 9.59 Å². The second-order valence-electron chi connectivity index (χ2n) is 4.48. The van der Waals surface area contributed by atoms with Crippen LogP contribution in [0.4, 0.5) is 5.82 Å². The second kappa shape index (κ2) is 3.97. The molecule has 0 saturated heterocycles. The molecule has 98 valence electrons. The van der Waals surface area contributed by atoms with Gasteiger partial charge in [-0.05, 0) is 19.3 Å². The standard InChI is InChI=1S/C10H14N4O4/c1-13-7(15)6(12-14(2)9(13)18)11-10(8(16)17)4-3-5-10/h3-5H2,1-2H3,(H,11,12)(H,16,17). The monoisotopic (exact) mass is 254 g/mol. The highest BCUT2D eigenvalue weighted by atomic mass is 16.4. The zero-order valence-electron chi connectivity index (χ0n) is 10.1. The number of hydrogen-bond donors (Lipinski definition) is 2. The highest BCUT2D eigenvalue weighted by Gasteiger charge is 2.45. The number of aromatic nitrogens is 3. The number of hydrogen-bond acceptors (Lipinski definition) is 5. The first-order chi connectivity index (χ1) is 8.37. The molecule has 0 atom stereocenters. The Balaban J connectivity index is 2.45. The Morgan fingerprint density at radius 1 is 1.39 bits per heavy atom. The number of rotatable bonds is 3. The van der Waals surface area contributed by atoms with Crippen molar-refractivity contribution < 1.29 is 9.90 Å². The van der Waals surface area contributed by atoms with Gasteiger partial charge in [-0.2, -0.15) is 0 Å². The molecule has 2 N–H and O–H groups in total. The molecule has 8 nitrogen and oxygen atoms in total. The van der Waals surface area contributed by atoms with Crippen LogP contribution in [0.2, 0.25) is 0 Å². The molecule has 0 amide bonds. The Morgan fingerprint density at radius 2 is 2.00 bits per heavy atom. The molecule has 8 heteroatoms. The van der Waals surface area contributed by atoms with Crippen LogP contribution in [0, 0.1) is 0 Å². The van der Waals surface area contributed by atoms with Crippen molar-refractivity contribution in [2.45, 2.75) is 24.8 Å². The van der Waals surface area contributed by atoms with E-state index in [2.05, 4.69) is 10.4 Å². The summed E-state index contributed by atoms with van der Waals surface area (Å²) in [5, 5.41) is 15.6. The van der Waals surface area contributed by atoms with Crippen molar-refractivity contribution in [3.63, 3.8) is 0 Å². The van der Waals surface area contributed by atoms with E-state index in [0.717, 1.165) is 15.7 Å². The summed E-state index contributed by atoms with van der Waals surface area (Å²) in [7, 11) is 2.73. The van der Waals surface area contributed by atoms with Crippen molar-refractivity contribution in [3.8, 4) is 0 Å². The van der Waals surface area contributed by atoms with E-state index in [4.69, 9.17) is 5.11 Å². The Morgan fingerprint density at radius 3 is 2.44 bits per heavy atom. The summed E-state index contributed by atoms with van der Waals surface area (Å²) in [6, 6.07) is 0. The number of carbonyl (C=O) groups is 1. The average Bonchev–Trinajstić information content (AvgIpc) is 2.26. The second-order valence-corrected chi connectivity index (χ2v) is 4.48. The summed E-state index contributed by atoms with van der Waals surface area (Å²) in [6.07, 6.45) is 1.66. The van der Waals surface area contributed by atoms with Gasteiger partial charge in [0.25, 0.3) is 5.56 Å². The molecule has 18 heavy (non-hydrogen) atoms. The van der Waals surface area contributed by atoms with E-state index in [0.29, 0.717) is 12.8 Å². The Labute approximate surface area is 102 Å². The predicted octanol–water partition coefficient (Wildman–Crippen LogP) is -1.10. The highest BCUT2D eigenvalue weighted by Crippen LogP contribution is 2.34. The molecular formula is C10H14N4O4. The molecule has 0 aliphatic heterocycles. The maximum Gasteiger partial charge on any atom is 0.346 e. The van der Waals surface area contributed by atoms with Crippen molar-refractivity contribution in [1.29, 1.82) is 0 Å². The first-order valence-electron chi connectivity index (χ1n) is 5.53. The largest absolute Gasteiger partial charge is 0.480 e. The van der Waals surface area contributed by atoms with Crippen molar-refractivity contribution in [2.24, 2.45) is 14.1 Å². The molecule has 1 aliphatic carbocycles. The zero-order valence-corrected chi connectivity index (χ0v) is 10.1. The van der Waals surface area contributed by atoms with E-state index in [1.54, 1.807) is 0 Å². The number of aryl methyl sites for hydroxylation is 1. The lowest BCUT2D eigenvalue weighted by Crippen LogP contribution is -2.54. The lowest BCUT2D eigenvalue weighted by Gasteiger charge is -2.38. The van der Waals surface area contributed by atoms with Crippen molar-refractivity contribution in [2.75, 3.05) is 5.32 Å². The number of aliphatic carboxylic acids is 1. The number of nitrogens with zero attached hydrogens (tertiary/aromatic N) is 3. The van der Waals surface area contributed by atoms with E-state index in [-0.39, 0.29) is 5.82 Å². The van der Waals surface area contributed by atoms with E-state index in [1.807, 2.05) is 0 Å². The van der Waals surface area contributed by atoms with Gasteiger partial charge in [-0.3, -0.25) is 9.36 Å². The minimum absolute atomic E-state index is 0.110. The smallest absolute Gasteiger partial charge is 0.346 e. The molecule has 2 rings (SSSR count). The average molecular weight is 254 g/mol. The maximum absolute atomic E-state index is 11.8. The van der Waals surface area contributed by atoms with E-state index in [9.17, 15) is 14.4 Å². The van der Waals surface area contributed by atoms with Gasteiger partial charge in [-0.1, -0.05) is 0 Å². The normalized spacial score (nSPS) is 17.0. The molecule has 1 saturated carbocycles. The van der Waals surface area contributed by atoms with E-state index >= 15 is 0 Å². The first kappa shape index (κ1) is 12.3. The van der Waals surface area contributed by atoms with Crippen molar-refractivity contribution >= 4 is 11.8 Å². The first-order valence-corrected chi connectivity index (χ1v) is 5.53. The summed E-state index contributed by atoms with van der Waals surface area (Å²) in [6.45, 7) is 0. The lowest BCUT2D eigenvalue weighted by atomic mass is 9.77. The molecule has 0 bridgehead atoms. The fourth-order valence-electron chi connectivity index (χ4n) is 1.93. The van der Waals surface area contributed by atoms with Gasteiger partial charge in [-0.25, -0.2) is 14.3 Å². The lowest BCUT2D eigenvalue weighted by molar-refractivity contribution is -0.145. The van der Waals surface area contributed by atoms with Crippen LogP contribution >= 0.6 is 0 Å². The third kappa shape index (κ3) is 1.69. The minimum atomic E-state index is -1.13. The Hall–Kier alpha value is -2.12. The van der Waals surface area contributed by atoms with E-state index < -0.39 is 22.8 Å². The summed E-state index contributed by atoms with van der Waals surface area (Å²) in [5.41, 5.74) is -2.30. The number of carboxylic acid groups (broad SMARTS) is 1. The van der Waals surface area contributed by atoms with Crippen molar-refractivity contribution in [3.05, 3.63) is 20.8 Å². The van der Waals surface area contributed by atoms with Crippen LogP contribution in [-0.4, -0.2) is 31.0 Å². The van der Waals surface area contributed by atoms with Crippen LogP contribution in [0.1, 0.15) is 19.3 Å². The van der Waals surface area contributed by atoms with Gasteiger partial charge < -0.3 is 10.4 Å². The van der Waals surface area contributed by atoms with Gasteiger partial charge in [0.05, 0.1) is 0 Å². The predicted molar refractivity (Wildman–Crippen MR) is 62.6 cm³/mol. The van der Waals surface area contributed by atoms with Gasteiger partial charge in [0.2, 0.25) is 5.82 Å². The van der Waals surface area contributed by atoms with Gasteiger partial charge in [0.15, 0.2) is 0 Å². The maximum atomic E-state index is 11.8. The van der Waals surface area contributed by atoms with E-state index in [1.165, 1.54) is 14.1 Å². The van der Waals surface area contributed by atoms with Crippen molar-refractivity contribution in [1.82, 2.24) is 14.3 Å². The highest BCUT2D eigenvalue weighted by molar-refractivity contribution is 5.83. The number of carboxylic acids is 1. The van der Waals surface area contributed by atoms with Crippen LogP contribution in [-0.2, 0) is 18.9 Å². The zero-order chi connectivity index (χ0) is 13.5. The third-order valence-corrected chi connectivity index (χ3v) is 3.30. The summed E-state index contributed by atoms with van der Waals surface area (Å²) >= 11 is 0. The molecule has 1 heterocycles. The quantitative estimate of drug-likeness (QED) is 0.709. The van der Waals surface area contributed by atoms with Gasteiger partial charge in [0, 0.05) is 14.1 Å². The molecule has 0 aromatic carbocycles. The summed E-state index contributed by atoms with van der Waals surface area (Å²) in [5.74, 6) is -1.12. The fourth-order valence-corrected chi connectivity index (χ4v) is 1.93. The van der Waals surface area contributed by atoms with Crippen LogP contribution < -0.4 is 16.6 Å². The molecule has 1 aromatic rings. The molecule has 0 unspecified atom stereocenters. The SMILES string of the molecule is Cn1nc(NC2(C(=O)O)CCC2)c(=O)n(C)c1=O. The molecule has 1 fully saturated rings. The van der Waals surface area contributed by atoms with Gasteiger partial charge in [-0.15, -0.1) is 5.10 Å². The number of anilines is 1. The van der Waals surface area contributed by atoms with Crippen LogP contribution in [0.25, 0.3) is 0 Å². The Kier molecular flexibility index (Phi) is 2.72. The number of nitrogens with one attached hydrogen (secondary N) is 1.